The topological polar surface area (TPSA) is 59.4 Å². The first kappa shape index (κ1) is 13.1. The Balaban J connectivity index is 1.80. The van der Waals surface area contributed by atoms with Crippen molar-refractivity contribution in [3.8, 4) is 5.75 Å². The molecule has 0 aliphatic heterocycles. The average molecular weight is 279 g/mol. The Bertz CT molecular complexity index is 784. The van der Waals surface area contributed by atoms with E-state index in [4.69, 9.17) is 4.74 Å². The summed E-state index contributed by atoms with van der Waals surface area (Å²) in [6.07, 6.45) is 0. The molecule has 0 spiro atoms. The van der Waals surface area contributed by atoms with E-state index in [1.54, 1.807) is 18.2 Å². The molecule has 4 heteroatoms. The predicted molar refractivity (Wildman–Crippen MR) is 79.0 cm³/mol. The number of aromatic nitrogens is 1. The standard InChI is InChI=1S/C17H13NO3/c19-15-8-4-7-13-9-10-14(18-16(13)15)17(20)21-11-12-5-2-1-3-6-12/h1-10,19H,11H2. The van der Waals surface area contributed by atoms with Crippen molar-refractivity contribution in [2.24, 2.45) is 0 Å². The highest BCUT2D eigenvalue weighted by Gasteiger charge is 2.11. The third-order valence-corrected chi connectivity index (χ3v) is 3.12. The quantitative estimate of drug-likeness (QED) is 0.747. The van der Waals surface area contributed by atoms with Crippen LogP contribution in [0.3, 0.4) is 0 Å². The molecule has 104 valence electrons. The van der Waals surface area contributed by atoms with Crippen molar-refractivity contribution in [3.05, 3.63) is 71.9 Å². The number of ether oxygens (including phenoxy) is 1. The van der Waals surface area contributed by atoms with Gasteiger partial charge in [0.05, 0.1) is 0 Å². The maximum absolute atomic E-state index is 12.0. The minimum absolute atomic E-state index is 0.0465. The van der Waals surface area contributed by atoms with Crippen LogP contribution < -0.4 is 0 Å². The molecule has 0 radical (unpaired) electrons. The van der Waals surface area contributed by atoms with Crippen molar-refractivity contribution in [1.82, 2.24) is 4.98 Å². The van der Waals surface area contributed by atoms with Crippen LogP contribution in [0.25, 0.3) is 10.9 Å². The molecule has 2 aromatic carbocycles. The zero-order chi connectivity index (χ0) is 14.7. The third-order valence-electron chi connectivity index (χ3n) is 3.12. The summed E-state index contributed by atoms with van der Waals surface area (Å²) in [4.78, 5) is 16.2. The largest absolute Gasteiger partial charge is 0.506 e. The number of phenols is 1. The highest BCUT2D eigenvalue weighted by atomic mass is 16.5. The third kappa shape index (κ3) is 2.84. The lowest BCUT2D eigenvalue weighted by molar-refractivity contribution is 0.0466. The number of benzene rings is 2. The number of para-hydroxylation sites is 1. The van der Waals surface area contributed by atoms with Gasteiger partial charge in [0.15, 0.2) is 0 Å². The van der Waals surface area contributed by atoms with Gasteiger partial charge in [-0.05, 0) is 17.7 Å². The molecule has 0 amide bonds. The first-order chi connectivity index (χ1) is 10.2. The maximum atomic E-state index is 12.0. The van der Waals surface area contributed by atoms with Gasteiger partial charge < -0.3 is 9.84 Å². The Hall–Kier alpha value is -2.88. The van der Waals surface area contributed by atoms with Crippen LogP contribution in [0.1, 0.15) is 16.1 Å². The van der Waals surface area contributed by atoms with Crippen LogP contribution >= 0.6 is 0 Å². The van der Waals surface area contributed by atoms with Crippen molar-refractivity contribution >= 4 is 16.9 Å². The number of phenolic OH excluding ortho intramolecular Hbond substituents is 1. The molecule has 0 unspecified atom stereocenters. The normalized spacial score (nSPS) is 10.5. The van der Waals surface area contributed by atoms with E-state index in [1.165, 1.54) is 6.07 Å². The van der Waals surface area contributed by atoms with Crippen LogP contribution in [0.5, 0.6) is 5.75 Å². The van der Waals surface area contributed by atoms with E-state index < -0.39 is 5.97 Å². The summed E-state index contributed by atoms with van der Waals surface area (Å²) in [5.41, 5.74) is 1.49. The summed E-state index contributed by atoms with van der Waals surface area (Å²) < 4.78 is 5.22. The van der Waals surface area contributed by atoms with Crippen molar-refractivity contribution in [2.75, 3.05) is 0 Å². The zero-order valence-electron chi connectivity index (χ0n) is 11.2. The van der Waals surface area contributed by atoms with Gasteiger partial charge in [0.1, 0.15) is 23.6 Å². The number of rotatable bonds is 3. The van der Waals surface area contributed by atoms with Gasteiger partial charge in [0.25, 0.3) is 0 Å². The minimum atomic E-state index is -0.510. The minimum Gasteiger partial charge on any atom is -0.506 e. The molecule has 0 aliphatic carbocycles. The number of carbonyl (C=O) groups excluding carboxylic acids is 1. The van der Waals surface area contributed by atoms with Crippen molar-refractivity contribution in [1.29, 1.82) is 0 Å². The fourth-order valence-corrected chi connectivity index (χ4v) is 2.04. The smallest absolute Gasteiger partial charge is 0.357 e. The second-order valence-electron chi connectivity index (χ2n) is 4.61. The Kier molecular flexibility index (Phi) is 3.51. The van der Waals surface area contributed by atoms with Gasteiger partial charge in [0.2, 0.25) is 0 Å². The summed E-state index contributed by atoms with van der Waals surface area (Å²) >= 11 is 0. The highest BCUT2D eigenvalue weighted by Crippen LogP contribution is 2.22. The van der Waals surface area contributed by atoms with E-state index in [9.17, 15) is 9.90 Å². The molecule has 4 nitrogen and oxygen atoms in total. The van der Waals surface area contributed by atoms with Gasteiger partial charge in [-0.25, -0.2) is 9.78 Å². The first-order valence-corrected chi connectivity index (χ1v) is 6.54. The predicted octanol–water partition coefficient (Wildman–Crippen LogP) is 3.30. The van der Waals surface area contributed by atoms with E-state index >= 15 is 0 Å². The van der Waals surface area contributed by atoms with E-state index in [0.717, 1.165) is 10.9 Å². The summed E-state index contributed by atoms with van der Waals surface area (Å²) in [6.45, 7) is 0.195. The van der Waals surface area contributed by atoms with Crippen molar-refractivity contribution in [3.63, 3.8) is 0 Å². The lowest BCUT2D eigenvalue weighted by Crippen LogP contribution is -2.07. The van der Waals surface area contributed by atoms with Gasteiger partial charge in [0, 0.05) is 5.39 Å². The average Bonchev–Trinajstić information content (AvgIpc) is 2.54. The van der Waals surface area contributed by atoms with Crippen LogP contribution in [0.15, 0.2) is 60.7 Å². The molecule has 0 atom stereocenters. The number of pyridine rings is 1. The van der Waals surface area contributed by atoms with Crippen LogP contribution in [-0.2, 0) is 11.3 Å². The molecule has 1 N–H and O–H groups in total. The Morgan fingerprint density at radius 2 is 1.81 bits per heavy atom. The second kappa shape index (κ2) is 5.63. The first-order valence-electron chi connectivity index (χ1n) is 6.54. The van der Waals surface area contributed by atoms with Gasteiger partial charge in [-0.3, -0.25) is 0 Å². The molecule has 1 aromatic heterocycles. The lowest BCUT2D eigenvalue weighted by atomic mass is 10.2. The molecule has 0 saturated carbocycles. The number of aromatic hydroxyl groups is 1. The van der Waals surface area contributed by atoms with Crippen molar-refractivity contribution < 1.29 is 14.6 Å². The molecule has 0 bridgehead atoms. The maximum Gasteiger partial charge on any atom is 0.357 e. The summed E-state index contributed by atoms with van der Waals surface area (Å²) in [5, 5.41) is 10.5. The monoisotopic (exact) mass is 279 g/mol. The highest BCUT2D eigenvalue weighted by molar-refractivity contribution is 5.92. The lowest BCUT2D eigenvalue weighted by Gasteiger charge is -2.06. The SMILES string of the molecule is O=C(OCc1ccccc1)c1ccc2cccc(O)c2n1. The fourth-order valence-electron chi connectivity index (χ4n) is 2.04. The molecule has 3 aromatic rings. The van der Waals surface area contributed by atoms with Crippen LogP contribution in [0.2, 0.25) is 0 Å². The number of nitrogens with zero attached hydrogens (tertiary/aromatic N) is 1. The number of esters is 1. The van der Waals surface area contributed by atoms with Crippen molar-refractivity contribution in [2.45, 2.75) is 6.61 Å². The molecule has 0 fully saturated rings. The van der Waals surface area contributed by atoms with Crippen LogP contribution in [0.4, 0.5) is 0 Å². The van der Waals surface area contributed by atoms with E-state index in [0.29, 0.717) is 5.52 Å². The molecular formula is C17H13NO3. The zero-order valence-corrected chi connectivity index (χ0v) is 11.2. The Morgan fingerprint density at radius 3 is 2.62 bits per heavy atom. The summed E-state index contributed by atoms with van der Waals surface area (Å²) in [5.74, 6) is -0.464. The number of hydrogen-bond acceptors (Lipinski definition) is 4. The van der Waals surface area contributed by atoms with E-state index in [-0.39, 0.29) is 18.1 Å². The second-order valence-corrected chi connectivity index (χ2v) is 4.61. The van der Waals surface area contributed by atoms with Crippen LogP contribution in [0, 0.1) is 0 Å². The Labute approximate surface area is 121 Å². The molecule has 21 heavy (non-hydrogen) atoms. The van der Waals surface area contributed by atoms with Gasteiger partial charge in [-0.1, -0.05) is 48.5 Å². The molecule has 1 heterocycles. The van der Waals surface area contributed by atoms with Gasteiger partial charge in [-0.15, -0.1) is 0 Å². The molecule has 3 rings (SSSR count). The molecular weight excluding hydrogens is 266 g/mol. The Morgan fingerprint density at radius 1 is 1.00 bits per heavy atom. The van der Waals surface area contributed by atoms with E-state index in [2.05, 4.69) is 4.98 Å². The number of hydrogen-bond donors (Lipinski definition) is 1. The summed E-state index contributed by atoms with van der Waals surface area (Å²) in [6, 6.07) is 17.8. The molecule has 0 saturated heterocycles. The van der Waals surface area contributed by atoms with Gasteiger partial charge in [-0.2, -0.15) is 0 Å². The number of fused-ring (bicyclic) bond motifs is 1. The van der Waals surface area contributed by atoms with Gasteiger partial charge >= 0.3 is 5.97 Å². The van der Waals surface area contributed by atoms with E-state index in [1.807, 2.05) is 36.4 Å². The fraction of sp³-hybridized carbons (Fsp3) is 0.0588. The molecule has 0 aliphatic rings. The van der Waals surface area contributed by atoms with Crippen LogP contribution in [-0.4, -0.2) is 16.1 Å². The number of carbonyl (C=O) groups is 1. The summed E-state index contributed by atoms with van der Waals surface area (Å²) in [7, 11) is 0.